The number of alkyl carbamates (subject to hydrolysis) is 1. The summed E-state index contributed by atoms with van der Waals surface area (Å²) in [6.07, 6.45) is 0.569. The van der Waals surface area contributed by atoms with E-state index in [9.17, 15) is 19.2 Å². The highest BCUT2D eigenvalue weighted by Crippen LogP contribution is 2.27. The Morgan fingerprint density at radius 3 is 2.47 bits per heavy atom. The van der Waals surface area contributed by atoms with Gasteiger partial charge in [-0.05, 0) is 39.0 Å². The smallest absolute Gasteiger partial charge is 0.407 e. The minimum absolute atomic E-state index is 0.000366. The van der Waals surface area contributed by atoms with Crippen LogP contribution < -0.4 is 16.0 Å². The Hall–Kier alpha value is -3.60. The van der Waals surface area contributed by atoms with Gasteiger partial charge in [0.2, 0.25) is 0 Å². The molecule has 1 aliphatic heterocycles. The van der Waals surface area contributed by atoms with E-state index in [1.54, 1.807) is 26.8 Å². The summed E-state index contributed by atoms with van der Waals surface area (Å²) in [6.45, 7) is 5.37. The van der Waals surface area contributed by atoms with E-state index in [0.29, 0.717) is 17.9 Å². The quantitative estimate of drug-likeness (QED) is 0.247. The van der Waals surface area contributed by atoms with Crippen LogP contribution >= 0.6 is 0 Å². The van der Waals surface area contributed by atoms with E-state index in [4.69, 9.17) is 14.6 Å². The number of methoxy groups -OCH3 is 1. The van der Waals surface area contributed by atoms with Crippen molar-refractivity contribution < 1.29 is 33.8 Å². The lowest BCUT2D eigenvalue weighted by atomic mass is 10.1. The van der Waals surface area contributed by atoms with Gasteiger partial charge in [0.15, 0.2) is 0 Å². The normalized spacial score (nSPS) is 13.5. The number of amides is 3. The first-order valence-corrected chi connectivity index (χ1v) is 9.94. The number of hydrogen-bond acceptors (Lipinski definition) is 9. The molecule has 1 aromatic rings. The van der Waals surface area contributed by atoms with Gasteiger partial charge >= 0.3 is 12.1 Å². The van der Waals surface area contributed by atoms with E-state index < -0.39 is 29.5 Å². The van der Waals surface area contributed by atoms with Crippen molar-refractivity contribution >= 4 is 35.3 Å². The number of rotatable bonds is 9. The van der Waals surface area contributed by atoms with Gasteiger partial charge in [0.25, 0.3) is 11.8 Å². The second-order valence-electron chi connectivity index (χ2n) is 7.81. The highest BCUT2D eigenvalue weighted by atomic mass is 16.6. The monoisotopic (exact) mass is 448 g/mol. The van der Waals surface area contributed by atoms with Crippen molar-refractivity contribution in [3.05, 3.63) is 35.5 Å². The Morgan fingerprint density at radius 2 is 1.84 bits per heavy atom. The number of benzene rings is 1. The third kappa shape index (κ3) is 6.71. The third-order valence-corrected chi connectivity index (χ3v) is 4.15. The lowest BCUT2D eigenvalue weighted by molar-refractivity contribution is -0.137. The predicted octanol–water partition coefficient (Wildman–Crippen LogP) is 1.07. The molecule has 1 heterocycles. The molecule has 0 spiro atoms. The van der Waals surface area contributed by atoms with Crippen LogP contribution in [0.1, 0.15) is 31.1 Å². The summed E-state index contributed by atoms with van der Waals surface area (Å²) in [5.41, 5.74) is 0.493. The van der Waals surface area contributed by atoms with Gasteiger partial charge in [0.1, 0.15) is 11.3 Å². The van der Waals surface area contributed by atoms with Crippen LogP contribution in [0.4, 0.5) is 16.2 Å². The van der Waals surface area contributed by atoms with Gasteiger partial charge in [-0.2, -0.15) is 0 Å². The highest BCUT2D eigenvalue weighted by molar-refractivity contribution is 6.17. The Labute approximate surface area is 185 Å². The second kappa shape index (κ2) is 10.6. The van der Waals surface area contributed by atoms with Crippen molar-refractivity contribution in [2.75, 3.05) is 44.0 Å². The van der Waals surface area contributed by atoms with Crippen molar-refractivity contribution in [2.24, 2.45) is 0 Å². The average molecular weight is 448 g/mol. The fourth-order valence-electron chi connectivity index (χ4n) is 2.78. The number of nitrogens with zero attached hydrogens (tertiary/aromatic N) is 1. The second-order valence-corrected chi connectivity index (χ2v) is 7.81. The number of imide groups is 1. The van der Waals surface area contributed by atoms with Crippen LogP contribution in [0.25, 0.3) is 0 Å². The van der Waals surface area contributed by atoms with Crippen LogP contribution in [0.2, 0.25) is 0 Å². The fourth-order valence-corrected chi connectivity index (χ4v) is 2.78. The molecule has 0 unspecified atom stereocenters. The summed E-state index contributed by atoms with van der Waals surface area (Å²) in [6, 6.07) is 4.62. The molecule has 11 nitrogen and oxygen atoms in total. The van der Waals surface area contributed by atoms with Crippen molar-refractivity contribution in [1.82, 2.24) is 10.2 Å². The molecule has 174 valence electrons. The van der Waals surface area contributed by atoms with Gasteiger partial charge in [0.05, 0.1) is 37.2 Å². The Kier molecular flexibility index (Phi) is 8.19. The zero-order valence-electron chi connectivity index (χ0n) is 18.5. The van der Waals surface area contributed by atoms with Crippen LogP contribution in [0.5, 0.6) is 0 Å². The molecule has 0 radical (unpaired) electrons. The number of anilines is 2. The van der Waals surface area contributed by atoms with E-state index in [2.05, 4.69) is 16.0 Å². The Balaban J connectivity index is 2.12. The Morgan fingerprint density at radius 1 is 1.12 bits per heavy atom. The van der Waals surface area contributed by atoms with Gasteiger partial charge in [-0.25, -0.2) is 9.59 Å². The van der Waals surface area contributed by atoms with E-state index in [1.807, 2.05) is 0 Å². The number of carbonyl (C=O) groups is 4. The van der Waals surface area contributed by atoms with E-state index >= 15 is 0 Å². The molecule has 1 aromatic carbocycles. The summed E-state index contributed by atoms with van der Waals surface area (Å²) in [5.74, 6) is -1.72. The van der Waals surface area contributed by atoms with Crippen LogP contribution in [0.15, 0.2) is 30.0 Å². The molecular weight excluding hydrogens is 420 g/mol. The van der Waals surface area contributed by atoms with Crippen molar-refractivity contribution in [3.8, 4) is 0 Å². The standard InChI is InChI=1S/C21H28N4O7/c1-21(2,3)32-20(30)23-8-7-22-14-6-5-13(19(29)31-4)11-15(14)24-16-12-17(27)25(9-10-26)18(16)28/h5-6,11-12,22,24,26H,7-10H2,1-4H3,(H,23,30). The first kappa shape index (κ1) is 24.7. The van der Waals surface area contributed by atoms with Crippen LogP contribution in [0.3, 0.4) is 0 Å². The summed E-state index contributed by atoms with van der Waals surface area (Å²) >= 11 is 0. The fraction of sp³-hybridized carbons (Fsp3) is 0.429. The zero-order chi connectivity index (χ0) is 23.9. The van der Waals surface area contributed by atoms with E-state index in [0.717, 1.165) is 11.0 Å². The summed E-state index contributed by atoms with van der Waals surface area (Å²) in [5, 5.41) is 17.6. The predicted molar refractivity (Wildman–Crippen MR) is 116 cm³/mol. The molecule has 11 heteroatoms. The topological polar surface area (TPSA) is 146 Å². The Bertz CT molecular complexity index is 921. The molecule has 0 fully saturated rings. The third-order valence-electron chi connectivity index (χ3n) is 4.15. The number of esters is 1. The first-order chi connectivity index (χ1) is 15.1. The number of carbonyl (C=O) groups excluding carboxylic acids is 4. The molecule has 0 saturated carbocycles. The minimum atomic E-state index is -0.610. The van der Waals surface area contributed by atoms with Crippen LogP contribution in [-0.4, -0.2) is 72.8 Å². The van der Waals surface area contributed by atoms with Crippen molar-refractivity contribution in [2.45, 2.75) is 26.4 Å². The molecule has 2 rings (SSSR count). The molecule has 3 amide bonds. The van der Waals surface area contributed by atoms with Gasteiger partial charge in [-0.3, -0.25) is 14.5 Å². The summed E-state index contributed by atoms with van der Waals surface area (Å²) in [4.78, 5) is 49.0. The first-order valence-electron chi connectivity index (χ1n) is 9.94. The summed E-state index contributed by atoms with van der Waals surface area (Å²) < 4.78 is 9.90. The molecule has 0 saturated heterocycles. The van der Waals surface area contributed by atoms with Gasteiger partial charge in [0, 0.05) is 19.2 Å². The van der Waals surface area contributed by atoms with Gasteiger partial charge < -0.3 is 30.5 Å². The maximum Gasteiger partial charge on any atom is 0.407 e. The molecule has 0 atom stereocenters. The average Bonchev–Trinajstić information content (AvgIpc) is 2.97. The van der Waals surface area contributed by atoms with Crippen molar-refractivity contribution in [1.29, 1.82) is 0 Å². The lowest BCUT2D eigenvalue weighted by Crippen LogP contribution is -2.35. The SMILES string of the molecule is COC(=O)c1ccc(NCCNC(=O)OC(C)(C)C)c(NC2=CC(=O)N(CCO)C2=O)c1. The molecule has 0 aromatic heterocycles. The maximum atomic E-state index is 12.4. The van der Waals surface area contributed by atoms with Gasteiger partial charge in [-0.15, -0.1) is 0 Å². The number of aliphatic hydroxyl groups is 1. The number of nitrogens with one attached hydrogen (secondary N) is 3. The van der Waals surface area contributed by atoms with Crippen LogP contribution in [0, 0.1) is 0 Å². The van der Waals surface area contributed by atoms with Gasteiger partial charge in [-0.1, -0.05) is 0 Å². The van der Waals surface area contributed by atoms with E-state index in [-0.39, 0.29) is 31.0 Å². The molecule has 0 bridgehead atoms. The molecular formula is C21H28N4O7. The van der Waals surface area contributed by atoms with Crippen LogP contribution in [-0.2, 0) is 19.1 Å². The maximum absolute atomic E-state index is 12.4. The minimum Gasteiger partial charge on any atom is -0.465 e. The molecule has 32 heavy (non-hydrogen) atoms. The highest BCUT2D eigenvalue weighted by Gasteiger charge is 2.31. The van der Waals surface area contributed by atoms with E-state index in [1.165, 1.54) is 19.2 Å². The number of aliphatic hydroxyl groups excluding tert-OH is 1. The van der Waals surface area contributed by atoms with Crippen molar-refractivity contribution in [3.63, 3.8) is 0 Å². The summed E-state index contributed by atoms with van der Waals surface area (Å²) in [7, 11) is 1.25. The lowest BCUT2D eigenvalue weighted by Gasteiger charge is -2.20. The molecule has 4 N–H and O–H groups in total. The number of β-amino-alcohol motifs (C(OH)–C–C–N with tert-alkyl or cyclic N) is 1. The largest absolute Gasteiger partial charge is 0.465 e. The zero-order valence-corrected chi connectivity index (χ0v) is 18.5. The number of hydrogen-bond donors (Lipinski definition) is 4. The molecule has 0 aliphatic carbocycles. The molecule has 1 aliphatic rings. The number of ether oxygens (including phenoxy) is 2.